The van der Waals surface area contributed by atoms with Crippen LogP contribution in [0, 0.1) is 0 Å². The first kappa shape index (κ1) is 17.2. The van der Waals surface area contributed by atoms with E-state index in [1.54, 1.807) is 35.4 Å². The molecule has 0 aliphatic carbocycles. The minimum atomic E-state index is -4.08. The highest BCUT2D eigenvalue weighted by atomic mass is 35.5. The predicted molar refractivity (Wildman–Crippen MR) is 94.3 cm³/mol. The first-order chi connectivity index (χ1) is 11.3. The number of nitrogens with zero attached hydrogens (tertiary/aromatic N) is 3. The van der Waals surface area contributed by atoms with E-state index in [1.165, 1.54) is 0 Å². The molecule has 3 rings (SSSR count). The van der Waals surface area contributed by atoms with E-state index in [2.05, 4.69) is 15.3 Å². The Morgan fingerprint density at radius 3 is 2.75 bits per heavy atom. The lowest BCUT2D eigenvalue weighted by atomic mass is 10.1. The lowest BCUT2D eigenvalue weighted by Gasteiger charge is -2.13. The molecule has 0 fully saturated rings. The van der Waals surface area contributed by atoms with Crippen LogP contribution in [0.5, 0.6) is 0 Å². The second-order valence-electron chi connectivity index (χ2n) is 5.07. The summed E-state index contributed by atoms with van der Waals surface area (Å²) in [6, 6.07) is 5.26. The van der Waals surface area contributed by atoms with E-state index in [1.807, 2.05) is 6.07 Å². The summed E-state index contributed by atoms with van der Waals surface area (Å²) in [6.45, 7) is 0.0737. The van der Waals surface area contributed by atoms with Crippen LogP contribution in [0.2, 0.25) is 10.0 Å². The molecule has 3 aromatic rings. The Morgan fingerprint density at radius 1 is 1.29 bits per heavy atom. The monoisotopic (exact) mass is 386 g/mol. The molecule has 0 atom stereocenters. The number of anilines is 1. The third-order valence-electron chi connectivity index (χ3n) is 3.34. The third-order valence-corrected chi connectivity index (χ3v) is 4.94. The standard InChI is InChI=1S/C14H13Cl2N4O3P/c15-10-2-1-9-11(20-5-3-17-8-20)7-12(19-14(9)13(10)16)18-4-6-24(21,22)23/h1-3,5,7-8H,4,6H2,(H,18,19)(H2,21,22,23). The van der Waals surface area contributed by atoms with Crippen LogP contribution < -0.4 is 5.32 Å². The van der Waals surface area contributed by atoms with Gasteiger partial charge in [-0.1, -0.05) is 23.2 Å². The van der Waals surface area contributed by atoms with Crippen LogP contribution in [0.1, 0.15) is 0 Å². The number of pyridine rings is 1. The summed E-state index contributed by atoms with van der Waals surface area (Å²) in [5, 5.41) is 4.37. The Kier molecular flexibility index (Phi) is 4.80. The quantitative estimate of drug-likeness (QED) is 0.581. The molecule has 2 heterocycles. The van der Waals surface area contributed by atoms with Crippen LogP contribution >= 0.6 is 30.8 Å². The van der Waals surface area contributed by atoms with Crippen molar-refractivity contribution >= 4 is 47.5 Å². The summed E-state index contributed by atoms with van der Waals surface area (Å²) in [5.41, 5.74) is 1.27. The topological polar surface area (TPSA) is 100 Å². The maximum Gasteiger partial charge on any atom is 0.327 e. The Labute approximate surface area is 147 Å². The second kappa shape index (κ2) is 6.70. The molecule has 2 aromatic heterocycles. The minimum Gasteiger partial charge on any atom is -0.369 e. The molecule has 0 radical (unpaired) electrons. The van der Waals surface area contributed by atoms with Crippen LogP contribution in [0.3, 0.4) is 0 Å². The number of halogens is 2. The Morgan fingerprint density at radius 2 is 2.08 bits per heavy atom. The van der Waals surface area contributed by atoms with Crippen LogP contribution in [0.15, 0.2) is 36.9 Å². The summed E-state index contributed by atoms with van der Waals surface area (Å²) in [4.78, 5) is 26.3. The zero-order valence-corrected chi connectivity index (χ0v) is 14.6. The fraction of sp³-hybridized carbons (Fsp3) is 0.143. The first-order valence-corrected chi connectivity index (χ1v) is 9.46. The highest BCUT2D eigenvalue weighted by Crippen LogP contribution is 2.35. The number of benzene rings is 1. The molecule has 0 spiro atoms. The third kappa shape index (κ3) is 3.71. The molecule has 0 bridgehead atoms. The first-order valence-electron chi connectivity index (χ1n) is 6.91. The van der Waals surface area contributed by atoms with Gasteiger partial charge in [0.2, 0.25) is 0 Å². The number of imidazole rings is 1. The van der Waals surface area contributed by atoms with Crippen molar-refractivity contribution in [2.45, 2.75) is 0 Å². The number of fused-ring (bicyclic) bond motifs is 1. The van der Waals surface area contributed by atoms with Crippen molar-refractivity contribution in [3.05, 3.63) is 47.0 Å². The molecule has 10 heteroatoms. The molecule has 1 aromatic carbocycles. The van der Waals surface area contributed by atoms with Gasteiger partial charge in [0.25, 0.3) is 0 Å². The van der Waals surface area contributed by atoms with E-state index in [-0.39, 0.29) is 12.7 Å². The second-order valence-corrected chi connectivity index (χ2v) is 7.63. The molecule has 0 aliphatic heterocycles. The predicted octanol–water partition coefficient (Wildman–Crippen LogP) is 3.32. The van der Waals surface area contributed by atoms with Crippen molar-refractivity contribution < 1.29 is 14.4 Å². The molecule has 3 N–H and O–H groups in total. The Bertz CT molecular complexity index is 927. The molecule has 24 heavy (non-hydrogen) atoms. The van der Waals surface area contributed by atoms with E-state index in [4.69, 9.17) is 33.0 Å². The van der Waals surface area contributed by atoms with Gasteiger partial charge in [-0.15, -0.1) is 0 Å². The van der Waals surface area contributed by atoms with Crippen LogP contribution in [0.4, 0.5) is 5.82 Å². The number of hydrogen-bond donors (Lipinski definition) is 3. The van der Waals surface area contributed by atoms with Gasteiger partial charge in [0.15, 0.2) is 0 Å². The van der Waals surface area contributed by atoms with Gasteiger partial charge in [0.1, 0.15) is 5.82 Å². The van der Waals surface area contributed by atoms with Gasteiger partial charge >= 0.3 is 7.60 Å². The molecular formula is C14H13Cl2N4O3P. The van der Waals surface area contributed by atoms with E-state index >= 15 is 0 Å². The van der Waals surface area contributed by atoms with Gasteiger partial charge in [0, 0.05) is 30.4 Å². The number of rotatable bonds is 5. The smallest absolute Gasteiger partial charge is 0.327 e. The van der Waals surface area contributed by atoms with E-state index in [0.29, 0.717) is 21.4 Å². The zero-order valence-electron chi connectivity index (χ0n) is 12.2. The number of aromatic nitrogens is 3. The van der Waals surface area contributed by atoms with E-state index in [0.717, 1.165) is 11.1 Å². The molecule has 0 aliphatic rings. The van der Waals surface area contributed by atoms with Gasteiger partial charge in [-0.3, -0.25) is 4.57 Å². The fourth-order valence-corrected chi connectivity index (χ4v) is 3.01. The highest BCUT2D eigenvalue weighted by Gasteiger charge is 2.15. The lowest BCUT2D eigenvalue weighted by molar-refractivity contribution is 0.374. The van der Waals surface area contributed by atoms with Crippen molar-refractivity contribution in [1.82, 2.24) is 14.5 Å². The molecule has 7 nitrogen and oxygen atoms in total. The molecule has 126 valence electrons. The highest BCUT2D eigenvalue weighted by molar-refractivity contribution is 7.51. The molecular weight excluding hydrogens is 374 g/mol. The summed E-state index contributed by atoms with van der Waals surface area (Å²) in [7, 11) is -4.08. The van der Waals surface area contributed by atoms with Crippen molar-refractivity contribution in [3.8, 4) is 5.69 Å². The Balaban J connectivity index is 2.07. The summed E-state index contributed by atoms with van der Waals surface area (Å²) in [6.07, 6.45) is 4.76. The SMILES string of the molecule is O=P(O)(O)CCNc1cc(-n2ccnc2)c2ccc(Cl)c(Cl)c2n1. The van der Waals surface area contributed by atoms with Gasteiger partial charge in [-0.25, -0.2) is 9.97 Å². The van der Waals surface area contributed by atoms with Gasteiger partial charge in [0.05, 0.1) is 33.7 Å². The van der Waals surface area contributed by atoms with Crippen LogP contribution in [-0.2, 0) is 4.57 Å². The van der Waals surface area contributed by atoms with Crippen molar-refractivity contribution in [3.63, 3.8) is 0 Å². The van der Waals surface area contributed by atoms with Crippen molar-refractivity contribution in [1.29, 1.82) is 0 Å². The summed E-state index contributed by atoms with van der Waals surface area (Å²) in [5.74, 6) is 0.434. The van der Waals surface area contributed by atoms with Gasteiger partial charge < -0.3 is 19.7 Å². The minimum absolute atomic E-state index is 0.0737. The average Bonchev–Trinajstić information content (AvgIpc) is 3.03. The summed E-state index contributed by atoms with van der Waals surface area (Å²) < 4.78 is 12.8. The molecule has 0 amide bonds. The maximum atomic E-state index is 11.0. The normalized spacial score (nSPS) is 11.8. The van der Waals surface area contributed by atoms with Gasteiger partial charge in [-0.05, 0) is 12.1 Å². The van der Waals surface area contributed by atoms with Crippen molar-refractivity contribution in [2.75, 3.05) is 18.0 Å². The van der Waals surface area contributed by atoms with E-state index in [9.17, 15) is 4.57 Å². The van der Waals surface area contributed by atoms with Gasteiger partial charge in [-0.2, -0.15) is 0 Å². The number of nitrogens with one attached hydrogen (secondary N) is 1. The largest absolute Gasteiger partial charge is 0.369 e. The molecule has 0 saturated heterocycles. The van der Waals surface area contributed by atoms with Crippen molar-refractivity contribution in [2.24, 2.45) is 0 Å². The fourth-order valence-electron chi connectivity index (χ4n) is 2.25. The number of hydrogen-bond acceptors (Lipinski definition) is 4. The van der Waals surface area contributed by atoms with E-state index < -0.39 is 7.60 Å². The lowest BCUT2D eigenvalue weighted by Crippen LogP contribution is -2.09. The zero-order chi connectivity index (χ0) is 17.3. The van der Waals surface area contributed by atoms with Crippen LogP contribution in [-0.4, -0.2) is 37.0 Å². The summed E-state index contributed by atoms with van der Waals surface area (Å²) >= 11 is 12.3. The van der Waals surface area contributed by atoms with Crippen LogP contribution in [0.25, 0.3) is 16.6 Å². The average molecular weight is 387 g/mol. The molecule has 0 saturated carbocycles. The molecule has 0 unspecified atom stereocenters. The maximum absolute atomic E-state index is 11.0. The Hall–Kier alpha value is -1.63.